The van der Waals surface area contributed by atoms with E-state index in [0.29, 0.717) is 12.5 Å². The summed E-state index contributed by atoms with van der Waals surface area (Å²) in [5, 5.41) is 3.44. The molecule has 1 aliphatic carbocycles. The van der Waals surface area contributed by atoms with Crippen molar-refractivity contribution >= 4 is 5.97 Å². The van der Waals surface area contributed by atoms with Crippen LogP contribution in [0.15, 0.2) is 12.4 Å². The van der Waals surface area contributed by atoms with E-state index in [1.807, 2.05) is 26.2 Å². The molecule has 0 radical (unpaired) electrons. The Morgan fingerprint density at radius 1 is 1.57 bits per heavy atom. The molecule has 0 bridgehead atoms. The maximum absolute atomic E-state index is 12.5. The van der Waals surface area contributed by atoms with Crippen molar-refractivity contribution in [2.45, 2.75) is 58.5 Å². The average Bonchev–Trinajstić information content (AvgIpc) is 3.04. The lowest BCUT2D eigenvalue weighted by Crippen LogP contribution is -2.55. The summed E-state index contributed by atoms with van der Waals surface area (Å²) in [5.41, 5.74) is -0.487. The Morgan fingerprint density at radius 3 is 3.00 bits per heavy atom. The lowest BCUT2D eigenvalue weighted by atomic mass is 9.84. The number of hydrogen-bond acceptors (Lipinski definition) is 4. The summed E-state index contributed by atoms with van der Waals surface area (Å²) in [7, 11) is 0. The molecule has 5 heteroatoms. The van der Waals surface area contributed by atoms with E-state index < -0.39 is 5.54 Å². The first-order chi connectivity index (χ1) is 10.1. The zero-order valence-electron chi connectivity index (χ0n) is 13.4. The molecule has 21 heavy (non-hydrogen) atoms. The quantitative estimate of drug-likeness (QED) is 0.784. The maximum atomic E-state index is 12.5. The molecule has 2 atom stereocenters. The van der Waals surface area contributed by atoms with Gasteiger partial charge in [0.15, 0.2) is 0 Å². The summed E-state index contributed by atoms with van der Waals surface area (Å²) < 4.78 is 7.51. The van der Waals surface area contributed by atoms with Crippen LogP contribution >= 0.6 is 0 Å². The molecule has 0 aliphatic heterocycles. The fourth-order valence-electron chi connectivity index (χ4n) is 3.55. The van der Waals surface area contributed by atoms with Crippen LogP contribution in [-0.4, -0.2) is 34.2 Å². The molecule has 118 valence electrons. The Labute approximate surface area is 127 Å². The molecule has 1 aromatic rings. The second kappa shape index (κ2) is 7.07. The summed E-state index contributed by atoms with van der Waals surface area (Å²) in [6.07, 6.45) is 7.85. The number of hydrogen-bond donors (Lipinski definition) is 1. The Balaban J connectivity index is 2.08. The van der Waals surface area contributed by atoms with Crippen LogP contribution < -0.4 is 5.32 Å². The lowest BCUT2D eigenvalue weighted by Gasteiger charge is -2.34. The van der Waals surface area contributed by atoms with E-state index in [-0.39, 0.29) is 5.97 Å². The molecule has 1 saturated carbocycles. The monoisotopic (exact) mass is 293 g/mol. The lowest BCUT2D eigenvalue weighted by molar-refractivity contribution is -0.153. The van der Waals surface area contributed by atoms with E-state index in [4.69, 9.17) is 4.74 Å². The van der Waals surface area contributed by atoms with Gasteiger partial charge >= 0.3 is 5.97 Å². The first-order valence-corrected chi connectivity index (χ1v) is 8.04. The van der Waals surface area contributed by atoms with Crippen molar-refractivity contribution in [2.24, 2.45) is 5.92 Å². The van der Waals surface area contributed by atoms with Crippen molar-refractivity contribution in [3.8, 4) is 0 Å². The molecular formula is C16H27N3O2. The van der Waals surface area contributed by atoms with Gasteiger partial charge in [-0.1, -0.05) is 13.3 Å². The van der Waals surface area contributed by atoms with Crippen LogP contribution in [-0.2, 0) is 16.1 Å². The van der Waals surface area contributed by atoms with E-state index in [0.717, 1.165) is 44.6 Å². The minimum absolute atomic E-state index is 0.0725. The van der Waals surface area contributed by atoms with Gasteiger partial charge in [0, 0.05) is 18.9 Å². The third-order valence-electron chi connectivity index (χ3n) is 4.59. The Kier molecular flexibility index (Phi) is 5.39. The van der Waals surface area contributed by atoms with Crippen LogP contribution in [0.5, 0.6) is 0 Å². The van der Waals surface area contributed by atoms with E-state index >= 15 is 0 Å². The molecule has 2 unspecified atom stereocenters. The number of ether oxygens (including phenoxy) is 1. The standard InChI is InChI=1S/C16H27N3O2/c1-4-18-16(15(20)21-5-2)9-6-7-14(16)8-11-19-12-10-17-13(19)3/h10,12,14,18H,4-9,11H2,1-3H3. The molecule has 0 saturated heterocycles. The number of aromatic nitrogens is 2. The minimum atomic E-state index is -0.487. The Morgan fingerprint density at radius 2 is 2.38 bits per heavy atom. The van der Waals surface area contributed by atoms with Crippen molar-refractivity contribution in [1.29, 1.82) is 0 Å². The van der Waals surface area contributed by atoms with Crippen LogP contribution in [0.25, 0.3) is 0 Å². The van der Waals surface area contributed by atoms with Crippen molar-refractivity contribution in [3.63, 3.8) is 0 Å². The summed E-state index contributed by atoms with van der Waals surface area (Å²) in [4.78, 5) is 16.7. The molecule has 1 aromatic heterocycles. The fraction of sp³-hybridized carbons (Fsp3) is 0.750. The van der Waals surface area contributed by atoms with Crippen LogP contribution in [0.3, 0.4) is 0 Å². The third kappa shape index (κ3) is 3.28. The fourth-order valence-corrected chi connectivity index (χ4v) is 3.55. The molecule has 1 N–H and O–H groups in total. The largest absolute Gasteiger partial charge is 0.465 e. The van der Waals surface area contributed by atoms with Crippen LogP contribution in [0.2, 0.25) is 0 Å². The molecule has 2 rings (SSSR count). The molecule has 0 spiro atoms. The number of imidazole rings is 1. The molecule has 1 heterocycles. The second-order valence-corrected chi connectivity index (χ2v) is 5.77. The zero-order chi connectivity index (χ0) is 15.3. The number of carbonyl (C=O) groups excluding carboxylic acids is 1. The molecule has 1 fully saturated rings. The van der Waals surface area contributed by atoms with Crippen molar-refractivity contribution in [1.82, 2.24) is 14.9 Å². The number of likely N-dealkylation sites (N-methyl/N-ethyl adjacent to an activating group) is 1. The van der Waals surface area contributed by atoms with Gasteiger partial charge in [-0.15, -0.1) is 0 Å². The first kappa shape index (κ1) is 16.0. The summed E-state index contributed by atoms with van der Waals surface area (Å²) in [6, 6.07) is 0. The van der Waals surface area contributed by atoms with Crippen molar-refractivity contribution < 1.29 is 9.53 Å². The summed E-state index contributed by atoms with van der Waals surface area (Å²) in [6.45, 7) is 8.08. The van der Waals surface area contributed by atoms with Crippen LogP contribution in [0.1, 0.15) is 45.4 Å². The molecular weight excluding hydrogens is 266 g/mol. The third-order valence-corrected chi connectivity index (χ3v) is 4.59. The predicted octanol–water partition coefficient (Wildman–Crippen LogP) is 2.29. The van der Waals surface area contributed by atoms with E-state index in [2.05, 4.69) is 21.8 Å². The van der Waals surface area contributed by atoms with Gasteiger partial charge < -0.3 is 14.6 Å². The SMILES string of the molecule is CCNC1(C(=O)OCC)CCCC1CCn1ccnc1C. The summed E-state index contributed by atoms with van der Waals surface area (Å²) >= 11 is 0. The molecule has 0 aromatic carbocycles. The molecule has 5 nitrogen and oxygen atoms in total. The minimum Gasteiger partial charge on any atom is -0.465 e. The number of aryl methyl sites for hydroxylation is 2. The first-order valence-electron chi connectivity index (χ1n) is 8.04. The number of carbonyl (C=O) groups is 1. The Hall–Kier alpha value is -1.36. The van der Waals surface area contributed by atoms with Gasteiger partial charge in [0.05, 0.1) is 6.61 Å². The average molecular weight is 293 g/mol. The topological polar surface area (TPSA) is 56.1 Å². The van der Waals surface area contributed by atoms with E-state index in [9.17, 15) is 4.79 Å². The van der Waals surface area contributed by atoms with Gasteiger partial charge in [0.2, 0.25) is 0 Å². The van der Waals surface area contributed by atoms with Crippen molar-refractivity contribution in [2.75, 3.05) is 13.2 Å². The highest BCUT2D eigenvalue weighted by Crippen LogP contribution is 2.39. The predicted molar refractivity (Wildman–Crippen MR) is 82.0 cm³/mol. The summed E-state index contributed by atoms with van der Waals surface area (Å²) in [5.74, 6) is 1.29. The zero-order valence-corrected chi connectivity index (χ0v) is 13.4. The van der Waals surface area contributed by atoms with Crippen LogP contribution in [0.4, 0.5) is 0 Å². The number of rotatable bonds is 7. The molecule has 1 aliphatic rings. The molecule has 0 amide bonds. The highest BCUT2D eigenvalue weighted by molar-refractivity contribution is 5.81. The van der Waals surface area contributed by atoms with Gasteiger partial charge in [-0.3, -0.25) is 4.79 Å². The Bertz CT molecular complexity index is 472. The highest BCUT2D eigenvalue weighted by atomic mass is 16.5. The smallest absolute Gasteiger partial charge is 0.326 e. The van der Waals surface area contributed by atoms with E-state index in [1.54, 1.807) is 0 Å². The highest BCUT2D eigenvalue weighted by Gasteiger charge is 2.49. The number of esters is 1. The normalized spacial score (nSPS) is 25.2. The van der Waals surface area contributed by atoms with Crippen molar-refractivity contribution in [3.05, 3.63) is 18.2 Å². The maximum Gasteiger partial charge on any atom is 0.326 e. The van der Waals surface area contributed by atoms with Gasteiger partial charge in [-0.2, -0.15) is 0 Å². The van der Waals surface area contributed by atoms with Gasteiger partial charge in [-0.25, -0.2) is 4.98 Å². The van der Waals surface area contributed by atoms with Gasteiger partial charge in [0.25, 0.3) is 0 Å². The van der Waals surface area contributed by atoms with Gasteiger partial charge in [0.1, 0.15) is 11.4 Å². The van der Waals surface area contributed by atoms with Crippen LogP contribution in [0, 0.1) is 12.8 Å². The number of nitrogens with zero attached hydrogens (tertiary/aromatic N) is 2. The number of nitrogens with one attached hydrogen (secondary N) is 1. The van der Waals surface area contributed by atoms with Gasteiger partial charge in [-0.05, 0) is 45.6 Å². The van der Waals surface area contributed by atoms with E-state index in [1.165, 1.54) is 0 Å². The second-order valence-electron chi connectivity index (χ2n) is 5.77.